The van der Waals surface area contributed by atoms with E-state index in [1.807, 2.05) is 24.9 Å². The quantitative estimate of drug-likeness (QED) is 0.796. The lowest BCUT2D eigenvalue weighted by molar-refractivity contribution is -0.136. The van der Waals surface area contributed by atoms with Crippen LogP contribution in [0.1, 0.15) is 23.1 Å². The Kier molecular flexibility index (Phi) is 3.90. The van der Waals surface area contributed by atoms with Gasteiger partial charge in [0, 0.05) is 18.9 Å². The molecule has 0 aliphatic rings. The van der Waals surface area contributed by atoms with E-state index in [1.165, 1.54) is 5.56 Å². The number of carboxylic acids is 1. The van der Waals surface area contributed by atoms with Gasteiger partial charge in [0.05, 0.1) is 11.7 Å². The zero-order valence-electron chi connectivity index (χ0n) is 13.6. The molecule has 0 bridgehead atoms. The molecule has 0 saturated carbocycles. The molecule has 0 radical (unpaired) electrons. The minimum absolute atomic E-state index is 0.158. The van der Waals surface area contributed by atoms with Crippen LogP contribution in [-0.2, 0) is 18.3 Å². The molecule has 23 heavy (non-hydrogen) atoms. The molecule has 118 valence electrons. The van der Waals surface area contributed by atoms with Gasteiger partial charge in [0.25, 0.3) is 0 Å². The summed E-state index contributed by atoms with van der Waals surface area (Å²) in [6.07, 6.45) is 2.59. The number of rotatable bonds is 4. The molecule has 2 aromatic carbocycles. The number of hydrogen-bond acceptors (Lipinski definition) is 2. The lowest BCUT2D eigenvalue weighted by Gasteiger charge is -2.12. The third kappa shape index (κ3) is 2.97. The van der Waals surface area contributed by atoms with E-state index in [2.05, 4.69) is 42.4 Å². The summed E-state index contributed by atoms with van der Waals surface area (Å²) in [6.45, 7) is 4.13. The van der Waals surface area contributed by atoms with E-state index in [4.69, 9.17) is 5.11 Å². The summed E-state index contributed by atoms with van der Waals surface area (Å²) in [4.78, 5) is 10.8. The number of nitrogens with zero attached hydrogens (tertiary/aromatic N) is 2. The Morgan fingerprint density at radius 2 is 1.96 bits per heavy atom. The second-order valence-electron chi connectivity index (χ2n) is 6.03. The smallest absolute Gasteiger partial charge is 0.303 e. The second kappa shape index (κ2) is 5.88. The van der Waals surface area contributed by atoms with Crippen LogP contribution in [0.3, 0.4) is 0 Å². The maximum Gasteiger partial charge on any atom is 0.303 e. The molecule has 4 nitrogen and oxygen atoms in total. The number of aromatic nitrogens is 2. The van der Waals surface area contributed by atoms with Crippen LogP contribution in [0.5, 0.6) is 0 Å². The fourth-order valence-electron chi connectivity index (χ4n) is 3.05. The molecular weight excluding hydrogens is 288 g/mol. The first-order valence-corrected chi connectivity index (χ1v) is 7.70. The summed E-state index contributed by atoms with van der Waals surface area (Å²) < 4.78 is 1.86. The molecule has 0 atom stereocenters. The first kappa shape index (κ1) is 15.3. The van der Waals surface area contributed by atoms with Crippen LogP contribution in [0.25, 0.3) is 22.0 Å². The van der Waals surface area contributed by atoms with Gasteiger partial charge >= 0.3 is 5.97 Å². The van der Waals surface area contributed by atoms with Gasteiger partial charge in [0.15, 0.2) is 0 Å². The number of aryl methyl sites for hydroxylation is 4. The number of carboxylic acid groups (broad SMARTS) is 1. The Labute approximate surface area is 135 Å². The highest BCUT2D eigenvalue weighted by molar-refractivity contribution is 5.85. The van der Waals surface area contributed by atoms with Crippen molar-refractivity contribution in [3.8, 4) is 11.1 Å². The predicted molar refractivity (Wildman–Crippen MR) is 91.6 cm³/mol. The Balaban J connectivity index is 2.05. The first-order chi connectivity index (χ1) is 11.0. The molecule has 3 aromatic rings. The van der Waals surface area contributed by atoms with Gasteiger partial charge in [0.2, 0.25) is 0 Å². The van der Waals surface area contributed by atoms with Crippen molar-refractivity contribution in [1.29, 1.82) is 0 Å². The highest BCUT2D eigenvalue weighted by atomic mass is 16.4. The van der Waals surface area contributed by atoms with Gasteiger partial charge < -0.3 is 5.11 Å². The van der Waals surface area contributed by atoms with Crippen molar-refractivity contribution in [2.75, 3.05) is 0 Å². The molecule has 4 heteroatoms. The lowest BCUT2D eigenvalue weighted by Crippen LogP contribution is -2.00. The van der Waals surface area contributed by atoms with E-state index < -0.39 is 5.97 Å². The van der Waals surface area contributed by atoms with E-state index >= 15 is 0 Å². The molecule has 0 aliphatic carbocycles. The van der Waals surface area contributed by atoms with E-state index in [0.717, 1.165) is 33.2 Å². The molecule has 1 N–H and O–H groups in total. The highest BCUT2D eigenvalue weighted by Crippen LogP contribution is 2.29. The first-order valence-electron chi connectivity index (χ1n) is 7.70. The molecule has 0 unspecified atom stereocenters. The largest absolute Gasteiger partial charge is 0.481 e. The van der Waals surface area contributed by atoms with Gasteiger partial charge in [0.1, 0.15) is 0 Å². The van der Waals surface area contributed by atoms with E-state index in [9.17, 15) is 4.79 Å². The van der Waals surface area contributed by atoms with Crippen molar-refractivity contribution in [2.24, 2.45) is 7.05 Å². The summed E-state index contributed by atoms with van der Waals surface area (Å²) in [5.74, 6) is -0.761. The Bertz CT molecular complexity index is 894. The van der Waals surface area contributed by atoms with Crippen LogP contribution in [0, 0.1) is 13.8 Å². The summed E-state index contributed by atoms with van der Waals surface area (Å²) >= 11 is 0. The van der Waals surface area contributed by atoms with Gasteiger partial charge in [-0.25, -0.2) is 0 Å². The van der Waals surface area contributed by atoms with E-state index in [0.29, 0.717) is 6.42 Å². The van der Waals surface area contributed by atoms with Crippen LogP contribution in [-0.4, -0.2) is 20.9 Å². The molecule has 0 saturated heterocycles. The van der Waals surface area contributed by atoms with Crippen LogP contribution in [0.2, 0.25) is 0 Å². The zero-order chi connectivity index (χ0) is 16.6. The number of hydrogen-bond donors (Lipinski definition) is 1. The maximum atomic E-state index is 10.8. The Hall–Kier alpha value is -2.62. The summed E-state index contributed by atoms with van der Waals surface area (Å²) in [5, 5.41) is 14.3. The highest BCUT2D eigenvalue weighted by Gasteiger charge is 2.10. The Morgan fingerprint density at radius 1 is 1.17 bits per heavy atom. The molecule has 0 fully saturated rings. The van der Waals surface area contributed by atoms with Crippen molar-refractivity contribution in [1.82, 2.24) is 9.78 Å². The van der Waals surface area contributed by atoms with Crippen LogP contribution in [0.4, 0.5) is 0 Å². The second-order valence-corrected chi connectivity index (χ2v) is 6.03. The number of aliphatic carboxylic acids is 1. The third-order valence-electron chi connectivity index (χ3n) is 4.35. The lowest BCUT2D eigenvalue weighted by atomic mass is 9.92. The average Bonchev–Trinajstić information content (AvgIpc) is 2.87. The molecule has 1 heterocycles. The van der Waals surface area contributed by atoms with E-state index in [-0.39, 0.29) is 6.42 Å². The fourth-order valence-corrected chi connectivity index (χ4v) is 3.05. The molecule has 0 spiro atoms. The standard InChI is InChI=1S/C19H20N2O2/c1-12-8-13(2)17(10-14(12)5-7-19(22)23)15-4-6-18-16(9-15)11-20-21(18)3/h4,6,8-11H,5,7H2,1-3H3,(H,22,23). The normalized spacial score (nSPS) is 11.1. The molecule has 0 aliphatic heterocycles. The van der Waals surface area contributed by atoms with Crippen LogP contribution >= 0.6 is 0 Å². The molecule has 3 rings (SSSR count). The molecule has 0 amide bonds. The fraction of sp³-hybridized carbons (Fsp3) is 0.263. The Morgan fingerprint density at radius 3 is 2.70 bits per heavy atom. The third-order valence-corrected chi connectivity index (χ3v) is 4.35. The van der Waals surface area contributed by atoms with Gasteiger partial charge in [-0.3, -0.25) is 9.48 Å². The monoisotopic (exact) mass is 308 g/mol. The van der Waals surface area contributed by atoms with Gasteiger partial charge in [-0.2, -0.15) is 5.10 Å². The molecule has 1 aromatic heterocycles. The number of carbonyl (C=O) groups is 1. The summed E-state index contributed by atoms with van der Waals surface area (Å²) in [5.41, 5.74) is 6.84. The maximum absolute atomic E-state index is 10.8. The van der Waals surface area contributed by atoms with Crippen molar-refractivity contribution in [2.45, 2.75) is 26.7 Å². The van der Waals surface area contributed by atoms with E-state index in [1.54, 1.807) is 0 Å². The van der Waals surface area contributed by atoms with Crippen molar-refractivity contribution in [3.63, 3.8) is 0 Å². The summed E-state index contributed by atoms with van der Waals surface area (Å²) in [7, 11) is 1.93. The van der Waals surface area contributed by atoms with Crippen LogP contribution < -0.4 is 0 Å². The van der Waals surface area contributed by atoms with Crippen molar-refractivity contribution < 1.29 is 9.90 Å². The minimum atomic E-state index is -0.761. The van der Waals surface area contributed by atoms with Gasteiger partial charge in [-0.15, -0.1) is 0 Å². The van der Waals surface area contributed by atoms with Crippen molar-refractivity contribution in [3.05, 3.63) is 53.2 Å². The molecular formula is C19H20N2O2. The van der Waals surface area contributed by atoms with Gasteiger partial charge in [-0.1, -0.05) is 18.2 Å². The minimum Gasteiger partial charge on any atom is -0.481 e. The zero-order valence-corrected chi connectivity index (χ0v) is 13.6. The topological polar surface area (TPSA) is 55.1 Å². The predicted octanol–water partition coefficient (Wildman–Crippen LogP) is 3.87. The van der Waals surface area contributed by atoms with Crippen molar-refractivity contribution >= 4 is 16.9 Å². The average molecular weight is 308 g/mol. The number of benzene rings is 2. The van der Waals surface area contributed by atoms with Gasteiger partial charge in [-0.05, 0) is 60.2 Å². The van der Waals surface area contributed by atoms with Crippen LogP contribution in [0.15, 0.2) is 36.5 Å². The number of fused-ring (bicyclic) bond motifs is 1. The SMILES string of the molecule is Cc1cc(C)c(-c2ccc3c(cnn3C)c2)cc1CCC(=O)O. The summed E-state index contributed by atoms with van der Waals surface area (Å²) in [6, 6.07) is 10.6.